The highest BCUT2D eigenvalue weighted by atomic mass is 16.5. The van der Waals surface area contributed by atoms with E-state index in [9.17, 15) is 0 Å². The molecule has 1 saturated carbocycles. The van der Waals surface area contributed by atoms with Gasteiger partial charge < -0.3 is 10.5 Å². The Morgan fingerprint density at radius 3 is 2.13 bits per heavy atom. The van der Waals surface area contributed by atoms with Gasteiger partial charge in [0.25, 0.3) is 0 Å². The van der Waals surface area contributed by atoms with Gasteiger partial charge in [-0.2, -0.15) is 0 Å². The summed E-state index contributed by atoms with van der Waals surface area (Å²) in [5.41, 5.74) is 6.34. The molecule has 0 amide bonds. The van der Waals surface area contributed by atoms with Gasteiger partial charge >= 0.3 is 0 Å². The smallest absolute Gasteiger partial charge is 0.0677 e. The molecule has 0 aromatic heterocycles. The van der Waals surface area contributed by atoms with Gasteiger partial charge in [0, 0.05) is 12.0 Å². The average molecular weight is 211 g/mol. The van der Waals surface area contributed by atoms with Crippen molar-refractivity contribution in [3.8, 4) is 0 Å². The Morgan fingerprint density at radius 2 is 1.80 bits per heavy atom. The molecular formula is C13H25NO. The normalized spacial score (nSPS) is 44.0. The Bertz CT molecular complexity index is 259. The van der Waals surface area contributed by atoms with Crippen LogP contribution in [-0.2, 0) is 4.74 Å². The van der Waals surface area contributed by atoms with Crippen molar-refractivity contribution >= 4 is 0 Å². The zero-order chi connectivity index (χ0) is 11.4. The summed E-state index contributed by atoms with van der Waals surface area (Å²) in [5.74, 6) is 2.09. The van der Waals surface area contributed by atoms with Crippen LogP contribution in [0.15, 0.2) is 0 Å². The molecule has 2 N–H and O–H groups in total. The van der Waals surface area contributed by atoms with Gasteiger partial charge in [-0.3, -0.25) is 0 Å². The maximum atomic E-state index is 6.39. The van der Waals surface area contributed by atoms with Crippen LogP contribution in [0, 0.1) is 17.8 Å². The molecule has 4 atom stereocenters. The summed E-state index contributed by atoms with van der Waals surface area (Å²) < 4.78 is 6.10. The third-order valence-corrected chi connectivity index (χ3v) is 4.27. The van der Waals surface area contributed by atoms with E-state index in [1.165, 1.54) is 6.42 Å². The van der Waals surface area contributed by atoms with Crippen LogP contribution in [-0.4, -0.2) is 17.2 Å². The summed E-state index contributed by atoms with van der Waals surface area (Å²) in [6.07, 6.45) is 2.42. The molecule has 2 aliphatic rings. The van der Waals surface area contributed by atoms with Crippen LogP contribution in [0.3, 0.4) is 0 Å². The number of nitrogens with two attached hydrogens (primary N) is 1. The Morgan fingerprint density at radius 1 is 1.27 bits per heavy atom. The SMILES string of the molecule is CC1CC1C(N)C1CC(C)(C)OC1(C)C. The zero-order valence-electron chi connectivity index (χ0n) is 10.7. The fourth-order valence-corrected chi connectivity index (χ4v) is 3.39. The minimum atomic E-state index is -0.0504. The lowest BCUT2D eigenvalue weighted by atomic mass is 9.80. The monoisotopic (exact) mass is 211 g/mol. The molecule has 2 fully saturated rings. The van der Waals surface area contributed by atoms with Gasteiger partial charge in [-0.05, 0) is 52.4 Å². The van der Waals surface area contributed by atoms with Gasteiger partial charge in [-0.15, -0.1) is 0 Å². The van der Waals surface area contributed by atoms with Gasteiger partial charge in [-0.25, -0.2) is 0 Å². The highest BCUT2D eigenvalue weighted by Gasteiger charge is 2.52. The first-order chi connectivity index (χ1) is 6.73. The van der Waals surface area contributed by atoms with Gasteiger partial charge in [0.05, 0.1) is 11.2 Å². The molecule has 2 heteroatoms. The fourth-order valence-electron chi connectivity index (χ4n) is 3.39. The Kier molecular flexibility index (Phi) is 2.44. The average Bonchev–Trinajstić information content (AvgIpc) is 2.69. The summed E-state index contributed by atoms with van der Waals surface area (Å²) in [4.78, 5) is 0. The van der Waals surface area contributed by atoms with E-state index in [2.05, 4.69) is 34.6 Å². The van der Waals surface area contributed by atoms with Crippen LogP contribution in [0.25, 0.3) is 0 Å². The van der Waals surface area contributed by atoms with E-state index in [1.807, 2.05) is 0 Å². The van der Waals surface area contributed by atoms with Crippen molar-refractivity contribution in [2.45, 2.75) is 64.7 Å². The number of hydrogen-bond acceptors (Lipinski definition) is 2. The third-order valence-electron chi connectivity index (χ3n) is 4.27. The van der Waals surface area contributed by atoms with Crippen molar-refractivity contribution in [1.82, 2.24) is 0 Å². The molecule has 0 aromatic rings. The zero-order valence-corrected chi connectivity index (χ0v) is 10.7. The van der Waals surface area contributed by atoms with E-state index in [-0.39, 0.29) is 11.2 Å². The number of rotatable bonds is 2. The lowest BCUT2D eigenvalue weighted by Gasteiger charge is -2.31. The first-order valence-corrected chi connectivity index (χ1v) is 6.19. The largest absolute Gasteiger partial charge is 0.369 e. The van der Waals surface area contributed by atoms with Crippen molar-refractivity contribution in [1.29, 1.82) is 0 Å². The minimum Gasteiger partial charge on any atom is -0.369 e. The Hall–Kier alpha value is -0.0800. The van der Waals surface area contributed by atoms with E-state index in [4.69, 9.17) is 10.5 Å². The summed E-state index contributed by atoms with van der Waals surface area (Å²) in [6.45, 7) is 11.0. The van der Waals surface area contributed by atoms with E-state index in [1.54, 1.807) is 0 Å². The second kappa shape index (κ2) is 3.21. The highest BCUT2D eigenvalue weighted by Crippen LogP contribution is 2.50. The highest BCUT2D eigenvalue weighted by molar-refractivity contribution is 5.04. The second-order valence-electron chi connectivity index (χ2n) is 6.73. The predicted molar refractivity (Wildman–Crippen MR) is 62.6 cm³/mol. The van der Waals surface area contributed by atoms with Gasteiger partial charge in [0.15, 0.2) is 0 Å². The number of hydrogen-bond donors (Lipinski definition) is 1. The summed E-state index contributed by atoms with van der Waals surface area (Å²) in [7, 11) is 0. The fraction of sp³-hybridized carbons (Fsp3) is 1.00. The van der Waals surface area contributed by atoms with Gasteiger partial charge in [0.1, 0.15) is 0 Å². The van der Waals surface area contributed by atoms with Crippen molar-refractivity contribution in [3.05, 3.63) is 0 Å². The van der Waals surface area contributed by atoms with E-state index in [0.717, 1.165) is 18.3 Å². The Balaban J connectivity index is 2.08. The molecule has 1 aliphatic carbocycles. The van der Waals surface area contributed by atoms with Gasteiger partial charge in [-0.1, -0.05) is 6.92 Å². The lowest BCUT2D eigenvalue weighted by Crippen LogP contribution is -2.42. The van der Waals surface area contributed by atoms with Crippen molar-refractivity contribution in [2.75, 3.05) is 0 Å². The van der Waals surface area contributed by atoms with Crippen LogP contribution in [0.1, 0.15) is 47.5 Å². The van der Waals surface area contributed by atoms with Crippen molar-refractivity contribution in [2.24, 2.45) is 23.5 Å². The van der Waals surface area contributed by atoms with E-state index >= 15 is 0 Å². The molecule has 0 spiro atoms. The van der Waals surface area contributed by atoms with Crippen LogP contribution >= 0.6 is 0 Å². The summed E-state index contributed by atoms with van der Waals surface area (Å²) in [6, 6.07) is 0.330. The second-order valence-corrected chi connectivity index (χ2v) is 6.73. The molecule has 15 heavy (non-hydrogen) atoms. The molecule has 0 aromatic carbocycles. The standard InChI is InChI=1S/C13H25NO/c1-8-6-9(8)11(14)10-7-12(2,3)15-13(10,4)5/h8-11H,6-7,14H2,1-5H3. The molecule has 1 saturated heterocycles. The predicted octanol–water partition coefficient (Wildman–Crippen LogP) is 2.56. The third kappa shape index (κ3) is 2.07. The maximum Gasteiger partial charge on any atom is 0.0677 e. The maximum absolute atomic E-state index is 6.39. The topological polar surface area (TPSA) is 35.2 Å². The molecule has 0 radical (unpaired) electrons. The quantitative estimate of drug-likeness (QED) is 0.762. The molecule has 4 unspecified atom stereocenters. The minimum absolute atomic E-state index is 0.00388. The molecule has 2 rings (SSSR count). The van der Waals surface area contributed by atoms with Crippen molar-refractivity contribution in [3.63, 3.8) is 0 Å². The Labute approximate surface area is 93.6 Å². The first kappa shape index (κ1) is 11.4. The number of ether oxygens (including phenoxy) is 1. The van der Waals surface area contributed by atoms with Crippen LogP contribution in [0.4, 0.5) is 0 Å². The molecular weight excluding hydrogens is 186 g/mol. The van der Waals surface area contributed by atoms with Gasteiger partial charge in [0.2, 0.25) is 0 Å². The van der Waals surface area contributed by atoms with Crippen LogP contribution in [0.2, 0.25) is 0 Å². The van der Waals surface area contributed by atoms with Crippen LogP contribution in [0.5, 0.6) is 0 Å². The first-order valence-electron chi connectivity index (χ1n) is 6.19. The molecule has 1 aliphatic heterocycles. The molecule has 0 bridgehead atoms. The van der Waals surface area contributed by atoms with E-state index in [0.29, 0.717) is 12.0 Å². The lowest BCUT2D eigenvalue weighted by molar-refractivity contribution is -0.0772. The van der Waals surface area contributed by atoms with E-state index < -0.39 is 0 Å². The molecule has 2 nitrogen and oxygen atoms in total. The summed E-state index contributed by atoms with van der Waals surface area (Å²) in [5, 5.41) is 0. The van der Waals surface area contributed by atoms with Crippen molar-refractivity contribution < 1.29 is 4.74 Å². The molecule has 1 heterocycles. The molecule has 88 valence electrons. The summed E-state index contributed by atoms with van der Waals surface area (Å²) >= 11 is 0. The van der Waals surface area contributed by atoms with Crippen LogP contribution < -0.4 is 5.73 Å².